The molecule has 16 heteroatoms. The summed E-state index contributed by atoms with van der Waals surface area (Å²) >= 11 is 7.10. The Kier molecular flexibility index (Phi) is 12.7. The number of nitrogens with one attached hydrogen (secondary N) is 2. The number of para-hydroxylation sites is 1. The number of rotatable bonds is 15. The number of ether oxygens (including phenoxy) is 1. The summed E-state index contributed by atoms with van der Waals surface area (Å²) in [4.78, 5) is 60.2. The van der Waals surface area contributed by atoms with Gasteiger partial charge in [0.2, 0.25) is 17.7 Å². The van der Waals surface area contributed by atoms with E-state index < -0.39 is 12.0 Å². The smallest absolute Gasteiger partial charge is 0.352 e. The number of piperazine rings is 1. The molecule has 4 aromatic carbocycles. The van der Waals surface area contributed by atoms with Crippen LogP contribution < -0.4 is 15.4 Å². The van der Waals surface area contributed by atoms with Gasteiger partial charge in [-0.05, 0) is 74.7 Å². The van der Waals surface area contributed by atoms with E-state index in [1.54, 1.807) is 0 Å². The van der Waals surface area contributed by atoms with Crippen LogP contribution in [0.2, 0.25) is 5.02 Å². The van der Waals surface area contributed by atoms with E-state index in [1.807, 2.05) is 107 Å². The zero-order valence-electron chi connectivity index (χ0n) is 37.7. The van der Waals surface area contributed by atoms with Gasteiger partial charge >= 0.3 is 5.97 Å². The van der Waals surface area contributed by atoms with Crippen LogP contribution >= 0.6 is 11.6 Å². The number of nitrogens with zero attached hydrogens (tertiary/aromatic N) is 7. The Morgan fingerprint density at radius 2 is 1.68 bits per heavy atom. The number of hydrogen-bond donors (Lipinski definition) is 3. The molecule has 2 fully saturated rings. The van der Waals surface area contributed by atoms with Crippen molar-refractivity contribution in [2.75, 3.05) is 39.3 Å². The lowest BCUT2D eigenvalue weighted by atomic mass is 9.98. The van der Waals surface area contributed by atoms with Crippen LogP contribution in [0.15, 0.2) is 72.8 Å². The van der Waals surface area contributed by atoms with E-state index in [-0.39, 0.29) is 30.0 Å². The van der Waals surface area contributed by atoms with Crippen LogP contribution in [0.1, 0.15) is 58.1 Å². The Morgan fingerprint density at radius 1 is 0.909 bits per heavy atom. The van der Waals surface area contributed by atoms with Gasteiger partial charge in [0.15, 0.2) is 0 Å². The van der Waals surface area contributed by atoms with Crippen LogP contribution in [0.5, 0.6) is 5.75 Å². The van der Waals surface area contributed by atoms with Gasteiger partial charge in [0.25, 0.3) is 0 Å². The summed E-state index contributed by atoms with van der Waals surface area (Å²) in [7, 11) is 1.90. The molecule has 3 aromatic heterocycles. The number of aromatic nitrogens is 5. The summed E-state index contributed by atoms with van der Waals surface area (Å²) in [6.07, 6.45) is 1.81. The van der Waals surface area contributed by atoms with E-state index in [2.05, 4.69) is 27.7 Å². The van der Waals surface area contributed by atoms with Crippen molar-refractivity contribution in [2.45, 2.75) is 72.1 Å². The fourth-order valence-corrected chi connectivity index (χ4v) is 10.1. The van der Waals surface area contributed by atoms with Crippen LogP contribution in [-0.2, 0) is 47.5 Å². The number of amides is 3. The second kappa shape index (κ2) is 18.7. The molecule has 0 bridgehead atoms. The number of aryl methyl sites for hydroxylation is 4. The Hall–Kier alpha value is -6.55. The van der Waals surface area contributed by atoms with Crippen LogP contribution in [0.3, 0.4) is 0 Å². The normalized spacial score (nSPS) is 15.9. The molecule has 66 heavy (non-hydrogen) atoms. The lowest BCUT2D eigenvalue weighted by Gasteiger charge is -2.35. The zero-order chi connectivity index (χ0) is 46.2. The maximum atomic E-state index is 13.9. The second-order valence-electron chi connectivity index (χ2n) is 17.3. The number of carbonyl (C=O) groups excluding carboxylic acids is 3. The third kappa shape index (κ3) is 8.65. The minimum absolute atomic E-state index is 0.00995. The number of fused-ring (bicyclic) bond motifs is 3. The number of halogens is 1. The van der Waals surface area contributed by atoms with E-state index in [4.69, 9.17) is 26.4 Å². The van der Waals surface area contributed by atoms with Gasteiger partial charge < -0.3 is 29.2 Å². The number of imidazole rings is 1. The first kappa shape index (κ1) is 44.6. The number of hydrogen-bond acceptors (Lipinski definition) is 9. The van der Waals surface area contributed by atoms with E-state index >= 15 is 0 Å². The van der Waals surface area contributed by atoms with Gasteiger partial charge in [-0.3, -0.25) is 29.3 Å². The lowest BCUT2D eigenvalue weighted by Crippen LogP contribution is -2.50. The molecule has 1 unspecified atom stereocenters. The number of benzene rings is 4. The average molecular weight is 912 g/mol. The number of piperidine rings is 1. The second-order valence-corrected chi connectivity index (χ2v) is 17.7. The highest BCUT2D eigenvalue weighted by molar-refractivity contribution is 6.35. The lowest BCUT2D eigenvalue weighted by molar-refractivity contribution is -0.135. The van der Waals surface area contributed by atoms with Crippen molar-refractivity contribution in [3.8, 4) is 16.9 Å². The average Bonchev–Trinajstić information content (AvgIpc) is 3.89. The molecule has 2 saturated heterocycles. The van der Waals surface area contributed by atoms with Crippen molar-refractivity contribution >= 4 is 68.0 Å². The van der Waals surface area contributed by atoms with Crippen LogP contribution in [0.4, 0.5) is 0 Å². The van der Waals surface area contributed by atoms with Gasteiger partial charge in [0.05, 0.1) is 39.9 Å². The molecule has 3 N–H and O–H groups in total. The predicted molar refractivity (Wildman–Crippen MR) is 254 cm³/mol. The van der Waals surface area contributed by atoms with Crippen molar-refractivity contribution in [3.05, 3.63) is 112 Å². The molecular formula is C50H54ClN9O6. The predicted octanol–water partition coefficient (Wildman–Crippen LogP) is 6.57. The fraction of sp³-hybridized carbons (Fsp3) is 0.360. The maximum absolute atomic E-state index is 13.9. The first-order chi connectivity index (χ1) is 31.9. The molecule has 342 valence electrons. The van der Waals surface area contributed by atoms with Crippen molar-refractivity contribution < 1.29 is 29.0 Å². The fourth-order valence-electron chi connectivity index (χ4n) is 9.82. The monoisotopic (exact) mass is 911 g/mol. The molecule has 9 rings (SSSR count). The maximum Gasteiger partial charge on any atom is 0.352 e. The summed E-state index contributed by atoms with van der Waals surface area (Å²) < 4.78 is 12.0. The number of carbonyl (C=O) groups is 4. The first-order valence-electron chi connectivity index (χ1n) is 22.6. The van der Waals surface area contributed by atoms with E-state index in [9.17, 15) is 24.3 Å². The largest absolute Gasteiger partial charge is 0.493 e. The van der Waals surface area contributed by atoms with E-state index in [1.165, 1.54) is 0 Å². The topological polar surface area (TPSA) is 169 Å². The van der Waals surface area contributed by atoms with Gasteiger partial charge in [-0.1, -0.05) is 66.2 Å². The van der Waals surface area contributed by atoms with Crippen LogP contribution in [0.25, 0.3) is 43.8 Å². The first-order valence-corrected chi connectivity index (χ1v) is 23.0. The minimum Gasteiger partial charge on any atom is -0.493 e. The SMILES string of the molecule is Cc1nn(C)c(C)c1-c1c(Cl)ccc2c(CCCOc3cccc4ccccc34)c(C(=O)O)n(CCN3CCN(C(=O)Cn4c(C)nc5c(CNC6CCC(=O)NC6=O)cccc54)CC3)c12. The number of aromatic carboxylic acids is 1. The van der Waals surface area contributed by atoms with E-state index in [0.29, 0.717) is 89.0 Å². The van der Waals surface area contributed by atoms with Crippen molar-refractivity contribution in [2.24, 2.45) is 7.05 Å². The number of imide groups is 1. The van der Waals surface area contributed by atoms with Crippen LogP contribution in [0, 0.1) is 20.8 Å². The molecule has 0 saturated carbocycles. The summed E-state index contributed by atoms with van der Waals surface area (Å²) in [6, 6.07) is 23.3. The van der Waals surface area contributed by atoms with Crippen molar-refractivity contribution in [1.29, 1.82) is 0 Å². The standard InChI is InChI=1S/C50H54ClN9O6/c1-30-44(31(2)56(4)55-30)45-38(51)18-17-37-36(14-9-27-66-41-16-8-11-33-10-5-6-13-35(33)41)48(50(64)65)59(47(37)45)26-23-57-21-24-58(25-22-57)43(62)29-60-32(3)53-46-34(12-7-15-40(46)60)28-52-39-19-20-42(61)54-49(39)63/h5-8,10-13,15-18,39,52H,9,14,19-29H2,1-4H3,(H,64,65)(H,54,61,63). The summed E-state index contributed by atoms with van der Waals surface area (Å²) in [6.45, 7) is 10.0. The summed E-state index contributed by atoms with van der Waals surface area (Å²) in [5, 5.41) is 24.8. The molecule has 7 aromatic rings. The molecule has 0 radical (unpaired) electrons. The molecular weight excluding hydrogens is 858 g/mol. The summed E-state index contributed by atoms with van der Waals surface area (Å²) in [5.41, 5.74) is 7.66. The molecule has 3 amide bonds. The molecule has 2 aliphatic heterocycles. The van der Waals surface area contributed by atoms with E-state index in [0.717, 1.165) is 72.1 Å². The highest BCUT2D eigenvalue weighted by Gasteiger charge is 2.30. The molecule has 0 aliphatic carbocycles. The highest BCUT2D eigenvalue weighted by Crippen LogP contribution is 2.42. The molecule has 15 nitrogen and oxygen atoms in total. The molecule has 0 spiro atoms. The summed E-state index contributed by atoms with van der Waals surface area (Å²) in [5.74, 6) is -0.0827. The minimum atomic E-state index is -1.01. The van der Waals surface area contributed by atoms with Gasteiger partial charge in [0.1, 0.15) is 23.8 Å². The Bertz CT molecular complexity index is 3030. The highest BCUT2D eigenvalue weighted by atomic mass is 35.5. The van der Waals surface area contributed by atoms with Gasteiger partial charge in [0, 0.05) is 86.9 Å². The van der Waals surface area contributed by atoms with Crippen molar-refractivity contribution in [1.82, 2.24) is 44.3 Å². The number of carboxylic acids is 1. The molecule has 2 aliphatic rings. The van der Waals surface area contributed by atoms with Gasteiger partial charge in [-0.2, -0.15) is 5.10 Å². The molecule has 1 atom stereocenters. The van der Waals surface area contributed by atoms with Gasteiger partial charge in [-0.15, -0.1) is 0 Å². The third-order valence-electron chi connectivity index (χ3n) is 13.3. The molecule has 5 heterocycles. The Labute approximate surface area is 387 Å². The van der Waals surface area contributed by atoms with Crippen molar-refractivity contribution in [3.63, 3.8) is 0 Å². The third-order valence-corrected chi connectivity index (χ3v) is 13.6. The quantitative estimate of drug-likeness (QED) is 0.0756. The Balaban J connectivity index is 0.911. The Morgan fingerprint density at radius 3 is 2.44 bits per heavy atom. The number of carboxylic acid groups (broad SMARTS) is 1. The van der Waals surface area contributed by atoms with Gasteiger partial charge in [-0.25, -0.2) is 9.78 Å². The zero-order valence-corrected chi connectivity index (χ0v) is 38.5. The van der Waals surface area contributed by atoms with Crippen LogP contribution in [-0.4, -0.2) is 108 Å².